The van der Waals surface area contributed by atoms with E-state index < -0.39 is 11.9 Å². The van der Waals surface area contributed by atoms with E-state index in [4.69, 9.17) is 9.47 Å². The molecule has 182 valence electrons. The molecule has 0 amide bonds. The molecule has 4 heteroatoms. The average molecular weight is 471 g/mol. The summed E-state index contributed by atoms with van der Waals surface area (Å²) in [7, 11) is 0. The van der Waals surface area contributed by atoms with E-state index in [0.717, 1.165) is 48.8 Å². The minimum Gasteiger partial charge on any atom is -0.457 e. The summed E-state index contributed by atoms with van der Waals surface area (Å²) in [5, 5.41) is 0. The van der Waals surface area contributed by atoms with Gasteiger partial charge in [0, 0.05) is 0 Å². The van der Waals surface area contributed by atoms with Crippen LogP contribution in [0.4, 0.5) is 0 Å². The molecule has 0 radical (unpaired) electrons. The number of hydrogen-bond acceptors (Lipinski definition) is 4. The van der Waals surface area contributed by atoms with Crippen molar-refractivity contribution in [2.75, 3.05) is 6.61 Å². The van der Waals surface area contributed by atoms with Crippen molar-refractivity contribution in [3.8, 4) is 0 Å². The first-order valence-corrected chi connectivity index (χ1v) is 12.7. The largest absolute Gasteiger partial charge is 0.457 e. The van der Waals surface area contributed by atoms with Crippen LogP contribution in [0.1, 0.15) is 82.4 Å². The van der Waals surface area contributed by atoms with Gasteiger partial charge in [-0.25, -0.2) is 9.59 Å². The van der Waals surface area contributed by atoms with E-state index in [1.807, 2.05) is 18.2 Å². The number of hydrogen-bond donors (Lipinski definition) is 0. The van der Waals surface area contributed by atoms with Gasteiger partial charge in [-0.15, -0.1) is 0 Å². The lowest BCUT2D eigenvalue weighted by atomic mass is 9.90. The molecule has 0 spiro atoms. The maximum atomic E-state index is 12.5. The zero-order chi connectivity index (χ0) is 24.5. The van der Waals surface area contributed by atoms with Crippen molar-refractivity contribution in [3.05, 3.63) is 106 Å². The predicted octanol–water partition coefficient (Wildman–Crippen LogP) is 7.08. The van der Waals surface area contributed by atoms with E-state index in [1.165, 1.54) is 36.8 Å². The number of rotatable bonds is 6. The third-order valence-electron chi connectivity index (χ3n) is 6.65. The van der Waals surface area contributed by atoms with Crippen LogP contribution in [0.15, 0.2) is 78.4 Å². The molecular weight excluding hydrogens is 436 g/mol. The zero-order valence-electron chi connectivity index (χ0n) is 20.4. The molecule has 0 saturated carbocycles. The van der Waals surface area contributed by atoms with Gasteiger partial charge in [0.05, 0.1) is 11.1 Å². The smallest absolute Gasteiger partial charge is 0.338 e. The van der Waals surface area contributed by atoms with Gasteiger partial charge in [-0.05, 0) is 97.9 Å². The number of carbonyl (C=O) groups is 2. The predicted molar refractivity (Wildman–Crippen MR) is 138 cm³/mol. The minimum atomic E-state index is -0.413. The summed E-state index contributed by atoms with van der Waals surface area (Å²) in [5.41, 5.74) is 6.68. The standard InChI is InChI=1S/C31H34O4/c1-23-8-4-2-3-5-9-24(13-12-23)21-34-30(32)27-16-18-28(19-17-27)31(33)35-22-25-14-15-26-10-6-7-11-29(26)20-25/h9,12-20H,1-8,10-11,21-22H2/b13-12-,24-9+. The van der Waals surface area contributed by atoms with Crippen LogP contribution in [0, 0.1) is 0 Å². The molecule has 0 saturated heterocycles. The Hall–Kier alpha value is -3.40. The molecular formula is C31H34O4. The van der Waals surface area contributed by atoms with Gasteiger partial charge in [0.1, 0.15) is 13.2 Å². The van der Waals surface area contributed by atoms with E-state index in [1.54, 1.807) is 24.3 Å². The Morgan fingerprint density at radius 3 is 2.11 bits per heavy atom. The van der Waals surface area contributed by atoms with Crippen LogP contribution in [-0.2, 0) is 28.9 Å². The highest BCUT2D eigenvalue weighted by molar-refractivity contribution is 5.93. The maximum absolute atomic E-state index is 12.5. The molecule has 0 fully saturated rings. The van der Waals surface area contributed by atoms with E-state index in [0.29, 0.717) is 11.1 Å². The molecule has 2 aliphatic rings. The first kappa shape index (κ1) is 24.7. The fourth-order valence-corrected chi connectivity index (χ4v) is 4.53. The highest BCUT2D eigenvalue weighted by atomic mass is 16.5. The van der Waals surface area contributed by atoms with Crippen molar-refractivity contribution in [1.82, 2.24) is 0 Å². The number of esters is 2. The second-order valence-electron chi connectivity index (χ2n) is 9.41. The minimum absolute atomic E-state index is 0.215. The van der Waals surface area contributed by atoms with Crippen molar-refractivity contribution >= 4 is 11.9 Å². The van der Waals surface area contributed by atoms with Gasteiger partial charge < -0.3 is 9.47 Å². The first-order valence-electron chi connectivity index (χ1n) is 12.7. The molecule has 2 aromatic carbocycles. The highest BCUT2D eigenvalue weighted by Crippen LogP contribution is 2.23. The van der Waals surface area contributed by atoms with Crippen molar-refractivity contribution in [1.29, 1.82) is 0 Å². The molecule has 2 aromatic rings. The summed E-state index contributed by atoms with van der Waals surface area (Å²) in [4.78, 5) is 25.0. The zero-order valence-corrected chi connectivity index (χ0v) is 20.4. The molecule has 35 heavy (non-hydrogen) atoms. The molecule has 0 unspecified atom stereocenters. The topological polar surface area (TPSA) is 52.6 Å². The van der Waals surface area contributed by atoms with Crippen LogP contribution in [0.3, 0.4) is 0 Å². The molecule has 4 nitrogen and oxygen atoms in total. The number of benzene rings is 2. The number of carbonyl (C=O) groups excluding carboxylic acids is 2. The number of allylic oxidation sites excluding steroid dienone is 3. The van der Waals surface area contributed by atoms with Gasteiger partial charge >= 0.3 is 11.9 Å². The van der Waals surface area contributed by atoms with E-state index in [9.17, 15) is 9.59 Å². The highest BCUT2D eigenvalue weighted by Gasteiger charge is 2.13. The molecule has 0 N–H and O–H groups in total. The monoisotopic (exact) mass is 470 g/mol. The third-order valence-corrected chi connectivity index (χ3v) is 6.65. The van der Waals surface area contributed by atoms with E-state index >= 15 is 0 Å². The summed E-state index contributed by atoms with van der Waals surface area (Å²) >= 11 is 0. The molecule has 0 heterocycles. The van der Waals surface area contributed by atoms with Crippen LogP contribution >= 0.6 is 0 Å². The summed E-state index contributed by atoms with van der Waals surface area (Å²) in [6, 6.07) is 12.8. The second kappa shape index (κ2) is 12.3. The van der Waals surface area contributed by atoms with E-state index in [2.05, 4.69) is 24.8 Å². The lowest BCUT2D eigenvalue weighted by molar-refractivity contribution is 0.0470. The maximum Gasteiger partial charge on any atom is 0.338 e. The summed E-state index contributed by atoms with van der Waals surface area (Å²) < 4.78 is 11.0. The van der Waals surface area contributed by atoms with Crippen LogP contribution < -0.4 is 0 Å². The molecule has 2 aliphatic carbocycles. The molecule has 4 rings (SSSR count). The quantitative estimate of drug-likeness (QED) is 0.423. The molecule has 0 aliphatic heterocycles. The van der Waals surface area contributed by atoms with Gasteiger partial charge in [-0.1, -0.05) is 55.0 Å². The van der Waals surface area contributed by atoms with Crippen molar-refractivity contribution in [2.45, 2.75) is 64.4 Å². The fraction of sp³-hybridized carbons (Fsp3) is 0.355. The SMILES string of the molecule is C=C1/C=C\C(COC(=O)c2ccc(C(=O)OCc3ccc4c(c3)CCCC4)cc2)=C/CCCCC1. The first-order chi connectivity index (χ1) is 17.1. The Morgan fingerprint density at radius 2 is 1.37 bits per heavy atom. The van der Waals surface area contributed by atoms with Crippen molar-refractivity contribution in [2.24, 2.45) is 0 Å². The number of aryl methyl sites for hydroxylation is 2. The van der Waals surface area contributed by atoms with E-state index in [-0.39, 0.29) is 13.2 Å². The summed E-state index contributed by atoms with van der Waals surface area (Å²) in [6.45, 7) is 4.53. The summed E-state index contributed by atoms with van der Waals surface area (Å²) in [6.07, 6.45) is 16.3. The Balaban J connectivity index is 1.29. The van der Waals surface area contributed by atoms with Crippen LogP contribution in [0.5, 0.6) is 0 Å². The average Bonchev–Trinajstić information content (AvgIpc) is 2.90. The van der Waals surface area contributed by atoms with Gasteiger partial charge in [0.2, 0.25) is 0 Å². The van der Waals surface area contributed by atoms with Crippen LogP contribution in [0.25, 0.3) is 0 Å². The third kappa shape index (κ3) is 7.29. The van der Waals surface area contributed by atoms with Crippen molar-refractivity contribution in [3.63, 3.8) is 0 Å². The molecule has 0 aromatic heterocycles. The lowest BCUT2D eigenvalue weighted by Crippen LogP contribution is -2.10. The Bertz CT molecular complexity index is 1120. The van der Waals surface area contributed by atoms with Crippen LogP contribution in [0.2, 0.25) is 0 Å². The second-order valence-corrected chi connectivity index (χ2v) is 9.41. The van der Waals surface area contributed by atoms with Crippen LogP contribution in [-0.4, -0.2) is 18.5 Å². The lowest BCUT2D eigenvalue weighted by Gasteiger charge is -2.16. The number of ether oxygens (including phenoxy) is 2. The Kier molecular flexibility index (Phi) is 8.72. The summed E-state index contributed by atoms with van der Waals surface area (Å²) in [5.74, 6) is -0.816. The normalized spacial score (nSPS) is 18.5. The molecule has 0 atom stereocenters. The van der Waals surface area contributed by atoms with Gasteiger partial charge in [-0.2, -0.15) is 0 Å². The Labute approximate surface area is 208 Å². The number of fused-ring (bicyclic) bond motifs is 1. The fourth-order valence-electron chi connectivity index (χ4n) is 4.53. The van der Waals surface area contributed by atoms with Gasteiger partial charge in [-0.3, -0.25) is 0 Å². The van der Waals surface area contributed by atoms with Crippen molar-refractivity contribution < 1.29 is 19.1 Å². The van der Waals surface area contributed by atoms with Gasteiger partial charge in [0.25, 0.3) is 0 Å². The molecule has 0 bridgehead atoms. The Morgan fingerprint density at radius 1 is 0.714 bits per heavy atom. The van der Waals surface area contributed by atoms with Gasteiger partial charge in [0.15, 0.2) is 0 Å².